The molecule has 230 valence electrons. The first-order chi connectivity index (χ1) is 20.8. The summed E-state index contributed by atoms with van der Waals surface area (Å²) < 4.78 is 13.9. The highest BCUT2D eigenvalue weighted by atomic mass is 32.2. The average molecular weight is 608 g/mol. The van der Waals surface area contributed by atoms with Gasteiger partial charge >= 0.3 is 0 Å². The minimum absolute atomic E-state index is 0.00440. The Morgan fingerprint density at radius 3 is 2.35 bits per heavy atom. The van der Waals surface area contributed by atoms with E-state index in [1.807, 2.05) is 54.6 Å². The molecule has 0 aliphatic carbocycles. The van der Waals surface area contributed by atoms with Crippen LogP contribution >= 0.6 is 11.8 Å². The monoisotopic (exact) mass is 607 g/mol. The largest absolute Gasteiger partial charge is 0.618 e. The third-order valence-corrected chi connectivity index (χ3v) is 8.61. The summed E-state index contributed by atoms with van der Waals surface area (Å²) in [5.41, 5.74) is 3.67. The molecule has 4 rings (SSSR count). The third kappa shape index (κ3) is 9.79. The Labute approximate surface area is 257 Å². The lowest BCUT2D eigenvalue weighted by Gasteiger charge is -2.41. The number of hydrogen-bond acceptors (Lipinski definition) is 7. The van der Waals surface area contributed by atoms with Gasteiger partial charge < -0.3 is 30.4 Å². The third-order valence-electron chi connectivity index (χ3n) is 7.50. The number of benzene rings is 2. The van der Waals surface area contributed by atoms with E-state index in [0.717, 1.165) is 46.2 Å². The summed E-state index contributed by atoms with van der Waals surface area (Å²) in [5.74, 6) is 0.556. The molecule has 4 atom stereocenters. The summed E-state index contributed by atoms with van der Waals surface area (Å²) in [4.78, 5) is 23.2. The van der Waals surface area contributed by atoms with Crippen LogP contribution in [0.15, 0.2) is 78.0 Å². The van der Waals surface area contributed by atoms with E-state index in [4.69, 9.17) is 9.47 Å². The Hall–Kier alpha value is -3.44. The molecule has 1 aliphatic heterocycles. The van der Waals surface area contributed by atoms with Crippen molar-refractivity contribution < 1.29 is 28.9 Å². The van der Waals surface area contributed by atoms with Crippen LogP contribution in [0.2, 0.25) is 0 Å². The summed E-state index contributed by atoms with van der Waals surface area (Å²) in [7, 11) is 0. The van der Waals surface area contributed by atoms with Crippen LogP contribution in [0.3, 0.4) is 0 Å². The Morgan fingerprint density at radius 2 is 1.65 bits per heavy atom. The molecule has 1 fully saturated rings. The van der Waals surface area contributed by atoms with Gasteiger partial charge in [0.2, 0.25) is 11.8 Å². The smallest absolute Gasteiger partial charge is 0.251 e. The number of hydrogen-bond donors (Lipinski definition) is 3. The Morgan fingerprint density at radius 1 is 0.930 bits per heavy atom. The van der Waals surface area contributed by atoms with E-state index in [1.165, 1.54) is 24.9 Å². The summed E-state index contributed by atoms with van der Waals surface area (Å²) in [6.07, 6.45) is 3.42. The maximum atomic E-state index is 12.3. The highest BCUT2D eigenvalue weighted by Gasteiger charge is 2.38. The number of thioether (sulfide) groups is 1. The molecule has 9 nitrogen and oxygen atoms in total. The number of aliphatic hydroxyl groups excluding tert-OH is 1. The number of ether oxygens (including phenoxy) is 2. The second-order valence-electron chi connectivity index (χ2n) is 10.8. The number of nitrogens with zero attached hydrogens (tertiary/aromatic N) is 1. The Kier molecular flexibility index (Phi) is 12.4. The van der Waals surface area contributed by atoms with Gasteiger partial charge in [0.1, 0.15) is 0 Å². The highest BCUT2D eigenvalue weighted by Crippen LogP contribution is 2.42. The van der Waals surface area contributed by atoms with E-state index in [0.29, 0.717) is 30.3 Å². The van der Waals surface area contributed by atoms with Gasteiger partial charge in [0.05, 0.1) is 18.8 Å². The zero-order valence-electron chi connectivity index (χ0n) is 24.7. The molecule has 1 aliphatic rings. The van der Waals surface area contributed by atoms with E-state index >= 15 is 0 Å². The quantitative estimate of drug-likeness (QED) is 0.105. The molecule has 1 saturated heterocycles. The van der Waals surface area contributed by atoms with Gasteiger partial charge in [-0.2, -0.15) is 4.73 Å². The number of unbranched alkanes of at least 4 members (excludes halogenated alkanes) is 2. The molecule has 43 heavy (non-hydrogen) atoms. The molecule has 0 bridgehead atoms. The number of rotatable bonds is 14. The van der Waals surface area contributed by atoms with E-state index in [2.05, 4.69) is 17.6 Å². The van der Waals surface area contributed by atoms with Crippen molar-refractivity contribution in [1.29, 1.82) is 0 Å². The molecule has 3 aromatic rings. The fourth-order valence-corrected chi connectivity index (χ4v) is 6.02. The first-order valence-corrected chi connectivity index (χ1v) is 15.7. The summed E-state index contributed by atoms with van der Waals surface area (Å²) in [6, 6.07) is 21.0. The maximum absolute atomic E-state index is 12.3. The molecule has 1 aromatic heterocycles. The summed E-state index contributed by atoms with van der Waals surface area (Å²) in [6.45, 7) is 4.64. The molecular weight excluding hydrogens is 566 g/mol. The van der Waals surface area contributed by atoms with Crippen molar-refractivity contribution in [3.05, 3.63) is 100 Å². The molecule has 10 heteroatoms. The van der Waals surface area contributed by atoms with Crippen molar-refractivity contribution in [1.82, 2.24) is 10.6 Å². The van der Waals surface area contributed by atoms with Gasteiger partial charge in [-0.15, -0.1) is 0 Å². The highest BCUT2D eigenvalue weighted by molar-refractivity contribution is 7.99. The molecular formula is C33H41N3O6S. The van der Waals surface area contributed by atoms with Gasteiger partial charge in [-0.1, -0.05) is 73.6 Å². The lowest BCUT2D eigenvalue weighted by molar-refractivity contribution is -0.645. The van der Waals surface area contributed by atoms with E-state index in [9.17, 15) is 19.9 Å². The standard InChI is InChI=1S/C33H41N3O6S/c1-23-29(22-43-31-9-5-7-19-36(31)40)41-33(42-32(23)27-14-12-26(21-37)13-15-27)28-16-10-25(11-17-28)20-35-30(39)8-4-3-6-18-34-24(2)38/h5,7,9-17,19,23,29,32-33,37H,3-4,6,8,18,20-22H2,1-2H3,(H,34,38)(H,35,39)/t23-,29+,32+,33+/m1/s1. The normalized spacial score (nSPS) is 20.0. The number of carbonyl (C=O) groups is 2. The molecule has 2 heterocycles. The fraction of sp³-hybridized carbons (Fsp3) is 0.424. The molecule has 2 amide bonds. The summed E-state index contributed by atoms with van der Waals surface area (Å²) in [5, 5.41) is 28.0. The van der Waals surface area contributed by atoms with E-state index in [-0.39, 0.29) is 36.5 Å². The molecule has 0 unspecified atom stereocenters. The molecule has 2 aromatic carbocycles. The minimum atomic E-state index is -0.611. The van der Waals surface area contributed by atoms with Gasteiger partial charge in [0, 0.05) is 55.8 Å². The van der Waals surface area contributed by atoms with Gasteiger partial charge in [-0.25, -0.2) is 0 Å². The second-order valence-corrected chi connectivity index (χ2v) is 11.8. The molecule has 0 saturated carbocycles. The van der Waals surface area contributed by atoms with Gasteiger partial charge in [0.25, 0.3) is 5.03 Å². The SMILES string of the molecule is CC(=O)NCCCCCC(=O)NCc1ccc([C@H]2O[C@@H](CSc3cccc[n+]3[O-])[C@@H](C)[C@@H](c3ccc(CO)cc3)O2)cc1. The molecule has 3 N–H and O–H groups in total. The van der Waals surface area contributed by atoms with E-state index < -0.39 is 6.29 Å². The van der Waals surface area contributed by atoms with Crippen LogP contribution in [0, 0.1) is 11.1 Å². The van der Waals surface area contributed by atoms with Crippen LogP contribution in [0.25, 0.3) is 0 Å². The van der Waals surface area contributed by atoms with Crippen molar-refractivity contribution in [2.24, 2.45) is 5.92 Å². The number of pyridine rings is 1. The number of carbonyl (C=O) groups excluding carboxylic acids is 2. The maximum Gasteiger partial charge on any atom is 0.251 e. The molecule has 0 radical (unpaired) electrons. The number of aromatic nitrogens is 1. The van der Waals surface area contributed by atoms with Crippen LogP contribution in [0.5, 0.6) is 0 Å². The minimum Gasteiger partial charge on any atom is -0.618 e. The molecule has 0 spiro atoms. The predicted molar refractivity (Wildman–Crippen MR) is 165 cm³/mol. The fourth-order valence-electron chi connectivity index (χ4n) is 4.94. The van der Waals surface area contributed by atoms with Crippen LogP contribution in [-0.2, 0) is 32.2 Å². The first-order valence-electron chi connectivity index (χ1n) is 14.8. The van der Waals surface area contributed by atoms with Crippen LogP contribution < -0.4 is 15.4 Å². The zero-order chi connectivity index (χ0) is 30.6. The number of nitrogens with one attached hydrogen (secondary N) is 2. The van der Waals surface area contributed by atoms with Crippen LogP contribution in [0.1, 0.15) is 74.2 Å². The number of amides is 2. The first kappa shape index (κ1) is 32.5. The Balaban J connectivity index is 1.37. The van der Waals surface area contributed by atoms with Crippen molar-refractivity contribution in [2.75, 3.05) is 12.3 Å². The predicted octanol–water partition coefficient (Wildman–Crippen LogP) is 4.71. The van der Waals surface area contributed by atoms with Crippen molar-refractivity contribution >= 4 is 23.6 Å². The van der Waals surface area contributed by atoms with Crippen LogP contribution in [-0.4, -0.2) is 35.3 Å². The van der Waals surface area contributed by atoms with Crippen molar-refractivity contribution in [3.8, 4) is 0 Å². The number of aliphatic hydroxyl groups is 1. The van der Waals surface area contributed by atoms with Crippen molar-refractivity contribution in [3.63, 3.8) is 0 Å². The van der Waals surface area contributed by atoms with E-state index in [1.54, 1.807) is 12.1 Å². The zero-order valence-corrected chi connectivity index (χ0v) is 25.6. The lowest BCUT2D eigenvalue weighted by Crippen LogP contribution is -2.39. The van der Waals surface area contributed by atoms with Crippen LogP contribution in [0.4, 0.5) is 0 Å². The van der Waals surface area contributed by atoms with Gasteiger partial charge in [-0.05, 0) is 35.6 Å². The topological polar surface area (TPSA) is 124 Å². The Bertz CT molecular complexity index is 1320. The lowest BCUT2D eigenvalue weighted by atomic mass is 9.91. The van der Waals surface area contributed by atoms with Gasteiger partial charge in [0.15, 0.2) is 12.5 Å². The summed E-state index contributed by atoms with van der Waals surface area (Å²) >= 11 is 1.46. The van der Waals surface area contributed by atoms with Gasteiger partial charge in [-0.3, -0.25) is 9.59 Å². The average Bonchev–Trinajstić information content (AvgIpc) is 3.02. The van der Waals surface area contributed by atoms with Crippen molar-refractivity contribution in [2.45, 2.75) is 76.2 Å². The second kappa shape index (κ2) is 16.4.